The number of aliphatic hydroxyl groups is 1. The van der Waals surface area contributed by atoms with Gasteiger partial charge in [0.2, 0.25) is 0 Å². The molecule has 21 heavy (non-hydrogen) atoms. The highest BCUT2D eigenvalue weighted by molar-refractivity contribution is 6.32. The summed E-state index contributed by atoms with van der Waals surface area (Å²) >= 11 is 6.07. The Bertz CT molecular complexity index is 617. The molecule has 0 amide bonds. The van der Waals surface area contributed by atoms with Crippen LogP contribution in [0.3, 0.4) is 0 Å². The van der Waals surface area contributed by atoms with Crippen LogP contribution in [0.15, 0.2) is 24.7 Å². The van der Waals surface area contributed by atoms with E-state index in [0.717, 1.165) is 18.7 Å². The highest BCUT2D eigenvalue weighted by Gasteiger charge is 2.35. The number of hydrogen-bond acceptors (Lipinski definition) is 5. The number of aryl methyl sites for hydroxylation is 1. The number of nitrogens with zero attached hydrogens (tertiary/aromatic N) is 4. The Morgan fingerprint density at radius 1 is 1.48 bits per heavy atom. The number of pyridine rings is 1. The molecular formula is C14H18ClN5O. The maximum Gasteiger partial charge on any atom is 0.144 e. The Labute approximate surface area is 128 Å². The number of halogens is 1. The molecule has 2 heterocycles. The number of hydrogen-bond donors (Lipinski definition) is 2. The topological polar surface area (TPSA) is 75.9 Å². The fourth-order valence-corrected chi connectivity index (χ4v) is 3.13. The van der Waals surface area contributed by atoms with Crippen LogP contribution < -0.4 is 5.32 Å². The first-order valence-corrected chi connectivity index (χ1v) is 7.39. The van der Waals surface area contributed by atoms with E-state index in [1.165, 1.54) is 0 Å². The average Bonchev–Trinajstić information content (AvgIpc) is 3.04. The zero-order chi connectivity index (χ0) is 14.8. The van der Waals surface area contributed by atoms with Gasteiger partial charge in [0.05, 0.1) is 11.1 Å². The molecule has 2 N–H and O–H groups in total. The minimum atomic E-state index is -0.346. The number of aromatic nitrogens is 4. The van der Waals surface area contributed by atoms with Crippen LogP contribution in [0.25, 0.3) is 0 Å². The van der Waals surface area contributed by atoms with Gasteiger partial charge in [-0.1, -0.05) is 11.6 Å². The van der Waals surface area contributed by atoms with Gasteiger partial charge < -0.3 is 15.0 Å². The van der Waals surface area contributed by atoms with Gasteiger partial charge in [-0.15, -0.1) is 10.2 Å². The molecule has 6 nitrogen and oxygen atoms in total. The molecule has 0 unspecified atom stereocenters. The van der Waals surface area contributed by atoms with Crippen molar-refractivity contribution in [2.45, 2.75) is 24.9 Å². The van der Waals surface area contributed by atoms with Gasteiger partial charge in [-0.25, -0.2) is 4.98 Å². The summed E-state index contributed by atoms with van der Waals surface area (Å²) in [5.74, 6) is 2.00. The van der Waals surface area contributed by atoms with Gasteiger partial charge in [0.1, 0.15) is 18.0 Å². The molecule has 0 aromatic carbocycles. The monoisotopic (exact) mass is 307 g/mol. The van der Waals surface area contributed by atoms with Gasteiger partial charge in [0.25, 0.3) is 0 Å². The Hall–Kier alpha value is -1.66. The van der Waals surface area contributed by atoms with E-state index in [1.807, 2.05) is 11.6 Å². The third-order valence-corrected chi connectivity index (χ3v) is 4.36. The molecule has 0 bridgehead atoms. The molecule has 1 fully saturated rings. The summed E-state index contributed by atoms with van der Waals surface area (Å²) in [6, 6.07) is 3.59. The molecule has 0 saturated heterocycles. The van der Waals surface area contributed by atoms with Crippen molar-refractivity contribution in [1.29, 1.82) is 0 Å². The third kappa shape index (κ3) is 3.01. The van der Waals surface area contributed by atoms with E-state index in [2.05, 4.69) is 20.5 Å². The minimum Gasteiger partial charge on any atom is -0.393 e. The second kappa shape index (κ2) is 5.99. The molecule has 3 rings (SSSR count). The maximum atomic E-state index is 10.2. The number of rotatable bonds is 4. The lowest BCUT2D eigenvalue weighted by atomic mass is 10.0. The fraction of sp³-hybridized carbons (Fsp3) is 0.500. The van der Waals surface area contributed by atoms with Crippen LogP contribution in [0.4, 0.5) is 5.82 Å². The first-order chi connectivity index (χ1) is 10.1. The Kier molecular flexibility index (Phi) is 4.07. The molecule has 0 spiro atoms. The zero-order valence-electron chi connectivity index (χ0n) is 11.8. The third-order valence-electron chi connectivity index (χ3n) is 4.06. The Morgan fingerprint density at radius 2 is 2.33 bits per heavy atom. The van der Waals surface area contributed by atoms with Gasteiger partial charge in [0.15, 0.2) is 0 Å². The van der Waals surface area contributed by atoms with E-state index in [1.54, 1.807) is 24.7 Å². The second-order valence-electron chi connectivity index (χ2n) is 5.51. The van der Waals surface area contributed by atoms with E-state index < -0.39 is 0 Å². The first kappa shape index (κ1) is 14.3. The van der Waals surface area contributed by atoms with Crippen molar-refractivity contribution in [2.24, 2.45) is 13.0 Å². The number of anilines is 1. The van der Waals surface area contributed by atoms with Crippen LogP contribution in [0, 0.1) is 5.92 Å². The lowest BCUT2D eigenvalue weighted by molar-refractivity contribution is 0.137. The predicted octanol–water partition coefficient (Wildman–Crippen LogP) is 1.83. The molecule has 1 saturated carbocycles. The molecule has 1 aliphatic rings. The van der Waals surface area contributed by atoms with Gasteiger partial charge in [0, 0.05) is 31.6 Å². The van der Waals surface area contributed by atoms with Crippen LogP contribution >= 0.6 is 11.6 Å². The molecule has 7 heteroatoms. The van der Waals surface area contributed by atoms with E-state index >= 15 is 0 Å². The minimum absolute atomic E-state index is 0.157. The summed E-state index contributed by atoms with van der Waals surface area (Å²) in [4.78, 5) is 4.20. The normalized spacial score (nSPS) is 25.2. The molecule has 2 aromatic heterocycles. The van der Waals surface area contributed by atoms with Crippen molar-refractivity contribution in [3.05, 3.63) is 35.5 Å². The van der Waals surface area contributed by atoms with Crippen LogP contribution in [-0.2, 0) is 7.05 Å². The van der Waals surface area contributed by atoms with Gasteiger partial charge in [-0.3, -0.25) is 0 Å². The highest BCUT2D eigenvalue weighted by atomic mass is 35.5. The summed E-state index contributed by atoms with van der Waals surface area (Å²) in [7, 11) is 1.93. The van der Waals surface area contributed by atoms with Gasteiger partial charge in [-0.05, 0) is 25.0 Å². The van der Waals surface area contributed by atoms with E-state index in [9.17, 15) is 5.11 Å². The van der Waals surface area contributed by atoms with E-state index in [0.29, 0.717) is 17.4 Å². The van der Waals surface area contributed by atoms with Crippen LogP contribution in [0.1, 0.15) is 24.6 Å². The molecule has 112 valence electrons. The predicted molar refractivity (Wildman–Crippen MR) is 80.2 cm³/mol. The van der Waals surface area contributed by atoms with Crippen LogP contribution in [0.2, 0.25) is 5.02 Å². The maximum absolute atomic E-state index is 10.2. The quantitative estimate of drug-likeness (QED) is 0.901. The summed E-state index contributed by atoms with van der Waals surface area (Å²) < 4.78 is 1.92. The highest BCUT2D eigenvalue weighted by Crippen LogP contribution is 2.37. The van der Waals surface area contributed by atoms with Crippen LogP contribution in [0.5, 0.6) is 0 Å². The molecule has 0 aliphatic heterocycles. The van der Waals surface area contributed by atoms with Crippen LogP contribution in [-0.4, -0.2) is 37.5 Å². The van der Waals surface area contributed by atoms with Crippen molar-refractivity contribution in [3.8, 4) is 0 Å². The lowest BCUT2D eigenvalue weighted by Crippen LogP contribution is -2.22. The SMILES string of the molecule is Cn1cnnc1[C@H]1C[C@H](CNc2ncccc2Cl)[C@H](O)C1. The molecular weight excluding hydrogens is 290 g/mol. The Morgan fingerprint density at radius 3 is 3.05 bits per heavy atom. The van der Waals surface area contributed by atoms with Crippen molar-refractivity contribution < 1.29 is 5.11 Å². The molecule has 3 atom stereocenters. The summed E-state index contributed by atoms with van der Waals surface area (Å²) in [5.41, 5.74) is 0. The molecule has 1 aliphatic carbocycles. The summed E-state index contributed by atoms with van der Waals surface area (Å²) in [6.45, 7) is 0.645. The van der Waals surface area contributed by atoms with Crippen molar-refractivity contribution in [3.63, 3.8) is 0 Å². The number of nitrogens with one attached hydrogen (secondary N) is 1. The largest absolute Gasteiger partial charge is 0.393 e. The van der Waals surface area contributed by atoms with Crippen molar-refractivity contribution in [2.75, 3.05) is 11.9 Å². The average molecular weight is 308 g/mol. The van der Waals surface area contributed by atoms with Crippen molar-refractivity contribution >= 4 is 17.4 Å². The smallest absolute Gasteiger partial charge is 0.144 e. The van der Waals surface area contributed by atoms with Gasteiger partial charge >= 0.3 is 0 Å². The zero-order valence-corrected chi connectivity index (χ0v) is 12.5. The number of aliphatic hydroxyl groups excluding tert-OH is 1. The summed E-state index contributed by atoms with van der Waals surface area (Å²) in [5, 5.41) is 22.1. The van der Waals surface area contributed by atoms with Crippen molar-refractivity contribution in [1.82, 2.24) is 19.7 Å². The van der Waals surface area contributed by atoms with E-state index in [4.69, 9.17) is 11.6 Å². The standard InChI is InChI=1S/C14H18ClN5O/c1-20-8-18-19-14(20)9-5-10(12(21)6-9)7-17-13-11(15)3-2-4-16-13/h2-4,8-10,12,21H,5-7H2,1H3,(H,16,17)/t9-,10+,12+/m0/s1. The summed E-state index contributed by atoms with van der Waals surface area (Å²) in [6.07, 6.45) is 4.64. The second-order valence-corrected chi connectivity index (χ2v) is 5.92. The van der Waals surface area contributed by atoms with Gasteiger partial charge in [-0.2, -0.15) is 0 Å². The Balaban J connectivity index is 1.62. The first-order valence-electron chi connectivity index (χ1n) is 7.01. The fourth-order valence-electron chi connectivity index (χ4n) is 2.94. The lowest BCUT2D eigenvalue weighted by Gasteiger charge is -2.15. The molecule has 0 radical (unpaired) electrons. The molecule has 2 aromatic rings. The van der Waals surface area contributed by atoms with E-state index in [-0.39, 0.29) is 17.9 Å².